The number of oxime groups is 1. The summed E-state index contributed by atoms with van der Waals surface area (Å²) in [6.07, 6.45) is 0. The third kappa shape index (κ3) is 2.19. The molecular weight excluding hydrogens is 166 g/mol. The van der Waals surface area contributed by atoms with Crippen LogP contribution < -0.4 is 11.5 Å². The Morgan fingerprint density at radius 3 is 2.46 bits per heavy atom. The van der Waals surface area contributed by atoms with Crippen molar-refractivity contribution in [2.45, 2.75) is 5.92 Å². The molecule has 0 aliphatic rings. The van der Waals surface area contributed by atoms with Crippen LogP contribution in [0.3, 0.4) is 0 Å². The van der Waals surface area contributed by atoms with E-state index in [1.165, 1.54) is 0 Å². The molecule has 13 heavy (non-hydrogen) atoms. The summed E-state index contributed by atoms with van der Waals surface area (Å²) in [6, 6.07) is 9.49. The summed E-state index contributed by atoms with van der Waals surface area (Å²) >= 11 is 0. The van der Waals surface area contributed by atoms with Crippen LogP contribution in [0.5, 0.6) is 0 Å². The van der Waals surface area contributed by atoms with Gasteiger partial charge in [-0.1, -0.05) is 35.5 Å². The van der Waals surface area contributed by atoms with Crippen LogP contribution in [0.25, 0.3) is 0 Å². The normalized spacial score (nSPS) is 14.1. The van der Waals surface area contributed by atoms with Crippen molar-refractivity contribution in [2.24, 2.45) is 16.6 Å². The zero-order chi connectivity index (χ0) is 9.68. The van der Waals surface area contributed by atoms with Gasteiger partial charge in [-0.15, -0.1) is 0 Å². The van der Waals surface area contributed by atoms with E-state index < -0.39 is 0 Å². The van der Waals surface area contributed by atoms with Crippen molar-refractivity contribution in [3.8, 4) is 0 Å². The molecule has 0 aliphatic heterocycles. The Morgan fingerprint density at radius 2 is 2.00 bits per heavy atom. The van der Waals surface area contributed by atoms with Crippen LogP contribution in [0.15, 0.2) is 35.5 Å². The van der Waals surface area contributed by atoms with Crippen LogP contribution in [0.4, 0.5) is 0 Å². The number of rotatable bonds is 3. The molecule has 4 heteroatoms. The molecule has 0 radical (unpaired) electrons. The lowest BCUT2D eigenvalue weighted by Crippen LogP contribution is -2.28. The van der Waals surface area contributed by atoms with Crippen molar-refractivity contribution >= 4 is 5.84 Å². The Labute approximate surface area is 76.8 Å². The molecule has 0 saturated carbocycles. The van der Waals surface area contributed by atoms with E-state index in [-0.39, 0.29) is 11.8 Å². The molecule has 1 rings (SSSR count). The molecule has 70 valence electrons. The van der Waals surface area contributed by atoms with Crippen molar-refractivity contribution in [2.75, 3.05) is 6.54 Å². The third-order valence-electron chi connectivity index (χ3n) is 1.91. The van der Waals surface area contributed by atoms with Gasteiger partial charge in [0.05, 0.1) is 5.92 Å². The third-order valence-corrected chi connectivity index (χ3v) is 1.91. The minimum atomic E-state index is -0.203. The van der Waals surface area contributed by atoms with Crippen molar-refractivity contribution in [3.63, 3.8) is 0 Å². The van der Waals surface area contributed by atoms with E-state index in [0.717, 1.165) is 5.56 Å². The van der Waals surface area contributed by atoms with Gasteiger partial charge in [-0.3, -0.25) is 0 Å². The minimum Gasteiger partial charge on any atom is -0.409 e. The van der Waals surface area contributed by atoms with Gasteiger partial charge < -0.3 is 16.7 Å². The maximum Gasteiger partial charge on any atom is 0.147 e. The number of hydrogen-bond acceptors (Lipinski definition) is 3. The summed E-state index contributed by atoms with van der Waals surface area (Å²) in [5.74, 6) is -0.0556. The fourth-order valence-electron chi connectivity index (χ4n) is 1.18. The molecule has 0 amide bonds. The van der Waals surface area contributed by atoms with Gasteiger partial charge in [-0.05, 0) is 5.56 Å². The lowest BCUT2D eigenvalue weighted by molar-refractivity contribution is 0.316. The van der Waals surface area contributed by atoms with Crippen LogP contribution in [0.1, 0.15) is 11.5 Å². The van der Waals surface area contributed by atoms with E-state index in [1.807, 2.05) is 30.3 Å². The summed E-state index contributed by atoms with van der Waals surface area (Å²) < 4.78 is 0. The minimum absolute atomic E-state index is 0.147. The van der Waals surface area contributed by atoms with E-state index in [4.69, 9.17) is 16.7 Å². The quantitative estimate of drug-likeness (QED) is 0.273. The van der Waals surface area contributed by atoms with E-state index in [2.05, 4.69) is 5.16 Å². The molecule has 1 unspecified atom stereocenters. The molecule has 0 fully saturated rings. The predicted molar refractivity (Wildman–Crippen MR) is 51.6 cm³/mol. The molecule has 0 bridgehead atoms. The zero-order valence-corrected chi connectivity index (χ0v) is 7.22. The summed E-state index contributed by atoms with van der Waals surface area (Å²) in [7, 11) is 0. The van der Waals surface area contributed by atoms with Crippen LogP contribution >= 0.6 is 0 Å². The molecule has 1 aromatic carbocycles. The first kappa shape index (κ1) is 9.54. The van der Waals surface area contributed by atoms with Gasteiger partial charge >= 0.3 is 0 Å². The Balaban J connectivity index is 2.91. The highest BCUT2D eigenvalue weighted by Crippen LogP contribution is 2.13. The molecule has 0 aromatic heterocycles. The molecule has 1 aromatic rings. The van der Waals surface area contributed by atoms with Gasteiger partial charge in [0.25, 0.3) is 0 Å². The fraction of sp³-hybridized carbons (Fsp3) is 0.222. The maximum atomic E-state index is 8.51. The largest absolute Gasteiger partial charge is 0.409 e. The Morgan fingerprint density at radius 1 is 1.38 bits per heavy atom. The van der Waals surface area contributed by atoms with Gasteiger partial charge in [0.2, 0.25) is 0 Å². The van der Waals surface area contributed by atoms with Crippen LogP contribution in [0.2, 0.25) is 0 Å². The molecule has 0 aliphatic carbocycles. The standard InChI is InChI=1S/C9H13N3O/c10-6-8(9(11)12-13)7-4-2-1-3-5-7/h1-5,8,13H,6,10H2,(H2,11,12). The summed E-state index contributed by atoms with van der Waals surface area (Å²) in [6.45, 7) is 0.333. The smallest absolute Gasteiger partial charge is 0.147 e. The first-order valence-electron chi connectivity index (χ1n) is 4.02. The van der Waals surface area contributed by atoms with Gasteiger partial charge in [-0.2, -0.15) is 0 Å². The lowest BCUT2D eigenvalue weighted by atomic mass is 9.98. The van der Waals surface area contributed by atoms with Gasteiger partial charge in [0, 0.05) is 6.54 Å². The highest BCUT2D eigenvalue weighted by molar-refractivity contribution is 5.87. The monoisotopic (exact) mass is 179 g/mol. The van der Waals surface area contributed by atoms with Gasteiger partial charge in [0.15, 0.2) is 0 Å². The van der Waals surface area contributed by atoms with E-state index >= 15 is 0 Å². The predicted octanol–water partition coefficient (Wildman–Crippen LogP) is 0.475. The summed E-state index contributed by atoms with van der Waals surface area (Å²) in [5, 5.41) is 11.5. The fourth-order valence-corrected chi connectivity index (χ4v) is 1.18. The summed E-state index contributed by atoms with van der Waals surface area (Å²) in [5.41, 5.74) is 11.9. The molecule has 4 nitrogen and oxygen atoms in total. The molecule has 0 heterocycles. The SMILES string of the molecule is NCC(/C(N)=N/O)c1ccccc1. The first-order chi connectivity index (χ1) is 6.29. The number of benzene rings is 1. The molecular formula is C9H13N3O. The maximum absolute atomic E-state index is 8.51. The number of amidine groups is 1. The Kier molecular flexibility index (Phi) is 3.28. The topological polar surface area (TPSA) is 84.6 Å². The van der Waals surface area contributed by atoms with Crippen molar-refractivity contribution in [1.82, 2.24) is 0 Å². The molecule has 5 N–H and O–H groups in total. The van der Waals surface area contributed by atoms with Crippen molar-refractivity contribution < 1.29 is 5.21 Å². The molecule has 0 spiro atoms. The highest BCUT2D eigenvalue weighted by Gasteiger charge is 2.13. The highest BCUT2D eigenvalue weighted by atomic mass is 16.4. The molecule has 0 saturated heterocycles. The second-order valence-electron chi connectivity index (χ2n) is 2.72. The average molecular weight is 179 g/mol. The van der Waals surface area contributed by atoms with Crippen LogP contribution in [-0.2, 0) is 0 Å². The summed E-state index contributed by atoms with van der Waals surface area (Å²) in [4.78, 5) is 0. The number of nitrogens with zero attached hydrogens (tertiary/aromatic N) is 1. The van der Waals surface area contributed by atoms with E-state index in [0.29, 0.717) is 6.54 Å². The number of nitrogens with two attached hydrogens (primary N) is 2. The van der Waals surface area contributed by atoms with E-state index in [9.17, 15) is 0 Å². The first-order valence-corrected chi connectivity index (χ1v) is 4.02. The number of hydrogen-bond donors (Lipinski definition) is 3. The molecule has 1 atom stereocenters. The van der Waals surface area contributed by atoms with Gasteiger partial charge in [0.1, 0.15) is 5.84 Å². The Hall–Kier alpha value is -1.55. The second-order valence-corrected chi connectivity index (χ2v) is 2.72. The zero-order valence-electron chi connectivity index (χ0n) is 7.22. The van der Waals surface area contributed by atoms with E-state index in [1.54, 1.807) is 0 Å². The van der Waals surface area contributed by atoms with Crippen LogP contribution in [0, 0.1) is 0 Å². The van der Waals surface area contributed by atoms with Crippen LogP contribution in [-0.4, -0.2) is 17.6 Å². The Bertz CT molecular complexity index is 284. The van der Waals surface area contributed by atoms with Crippen molar-refractivity contribution in [3.05, 3.63) is 35.9 Å². The average Bonchev–Trinajstić information content (AvgIpc) is 2.20. The second kappa shape index (κ2) is 4.47. The van der Waals surface area contributed by atoms with Crippen molar-refractivity contribution in [1.29, 1.82) is 0 Å². The lowest BCUT2D eigenvalue weighted by Gasteiger charge is -2.12. The van der Waals surface area contributed by atoms with Gasteiger partial charge in [-0.25, -0.2) is 0 Å².